The van der Waals surface area contributed by atoms with E-state index in [4.69, 9.17) is 16.4 Å². The molecule has 0 unspecified atom stereocenters. The molecule has 248 valence electrons. The molecule has 11 heteroatoms. The van der Waals surface area contributed by atoms with Crippen LogP contribution < -0.4 is 5.56 Å². The molecular weight excluding hydrogens is 628 g/mol. The molecule has 1 amide bonds. The second kappa shape index (κ2) is 15.3. The van der Waals surface area contributed by atoms with Crippen molar-refractivity contribution in [2.45, 2.75) is 63.1 Å². The predicted molar refractivity (Wildman–Crippen MR) is 177 cm³/mol. The van der Waals surface area contributed by atoms with Gasteiger partial charge in [-0.05, 0) is 78.7 Å². The van der Waals surface area contributed by atoms with E-state index < -0.39 is 119 Å². The van der Waals surface area contributed by atoms with E-state index in [0.29, 0.717) is 18.4 Å². The van der Waals surface area contributed by atoms with E-state index in [1.54, 1.807) is 0 Å². The van der Waals surface area contributed by atoms with Crippen molar-refractivity contribution in [3.63, 3.8) is 0 Å². The molecule has 1 heterocycles. The van der Waals surface area contributed by atoms with Gasteiger partial charge in [0, 0.05) is 47.4 Å². The van der Waals surface area contributed by atoms with Crippen LogP contribution in [0.25, 0.3) is 11.1 Å². The van der Waals surface area contributed by atoms with Crippen LogP contribution in [0.5, 0.6) is 0 Å². The zero-order chi connectivity index (χ0) is 49.6. The summed E-state index contributed by atoms with van der Waals surface area (Å²) in [4.78, 5) is 31.4. The minimum atomic E-state index is -4.68. The second-order valence-electron chi connectivity index (χ2n) is 9.73. The minimum absolute atomic E-state index is 0.0926. The molecule has 1 aromatic heterocycles. The molecule has 0 spiro atoms. The lowest BCUT2D eigenvalue weighted by Crippen LogP contribution is -2.40. The van der Waals surface area contributed by atoms with Gasteiger partial charge >= 0.3 is 6.18 Å². The number of rotatable bonds is 13. The number of fused-ring (bicyclic) bond motifs is 1. The highest BCUT2D eigenvalue weighted by molar-refractivity contribution is 7.98. The van der Waals surface area contributed by atoms with Gasteiger partial charge in [0.2, 0.25) is 5.91 Å². The fourth-order valence-corrected chi connectivity index (χ4v) is 5.14. The summed E-state index contributed by atoms with van der Waals surface area (Å²) in [7, 11) is 0. The topological polar surface area (TPSA) is 58.4 Å². The lowest BCUT2D eigenvalue weighted by molar-refractivity contribution is -0.137. The van der Waals surface area contributed by atoms with Crippen LogP contribution in [0.15, 0.2) is 82.7 Å². The maximum absolute atomic E-state index is 15.1. The summed E-state index contributed by atoms with van der Waals surface area (Å²) >= 11 is -0.242. The van der Waals surface area contributed by atoms with E-state index in [1.165, 1.54) is 0 Å². The van der Waals surface area contributed by atoms with Crippen LogP contribution >= 0.6 is 11.8 Å². The number of benzene rings is 3. The van der Waals surface area contributed by atoms with Gasteiger partial charge in [0.15, 0.2) is 5.16 Å². The van der Waals surface area contributed by atoms with E-state index in [2.05, 4.69) is 4.98 Å². The van der Waals surface area contributed by atoms with Crippen LogP contribution in [0.2, 0.25) is 0 Å². The largest absolute Gasteiger partial charge is 0.416 e. The zero-order valence-corrected chi connectivity index (χ0v) is 25.6. The Labute approximate surface area is 301 Å². The van der Waals surface area contributed by atoms with E-state index in [-0.39, 0.29) is 58.3 Å². The zero-order valence-electron chi connectivity index (χ0n) is 42.8. The molecule has 1 aliphatic carbocycles. The summed E-state index contributed by atoms with van der Waals surface area (Å²) in [5, 5.41) is -1.07. The average Bonchev–Trinajstić information content (AvgIpc) is 3.64. The van der Waals surface area contributed by atoms with Crippen molar-refractivity contribution in [1.29, 1.82) is 0 Å². The molecule has 5 rings (SSSR count). The Hall–Kier alpha value is -3.96. The Balaban J connectivity index is 1.77. The molecular formula is C36H38F4N4O2S. The number of thioether (sulfide) groups is 1. The standard InChI is InChI=1S/C36H38F4N4O2S/c1-3-42(4-2)20-21-43(22-25-8-12-27(13-9-25)28-14-16-29(17-15-28)36(38,39)40)33(45)23-44-32-7-5-6-31(32)34(46)41-35(44)47-24-26-10-18-30(37)19-11-26/h8-19H,3-7,20-24H2,1-2H3/i3D2,4D2,10D,11D,18D,19D,20D2,21D2,22D2,23D2,24D2. The van der Waals surface area contributed by atoms with Crippen LogP contribution in [0.1, 0.15) is 72.9 Å². The summed E-state index contributed by atoms with van der Waals surface area (Å²) in [6.45, 7) is -21.2. The Morgan fingerprint density at radius 3 is 2.21 bits per heavy atom. The Bertz CT molecular complexity index is 2520. The van der Waals surface area contributed by atoms with Gasteiger partial charge in [0.1, 0.15) is 12.3 Å². The monoisotopic (exact) mass is 684 g/mol. The number of hydrogen-bond donors (Lipinski definition) is 0. The van der Waals surface area contributed by atoms with E-state index in [1.807, 2.05) is 0 Å². The molecule has 47 heavy (non-hydrogen) atoms. The summed E-state index contributed by atoms with van der Waals surface area (Å²) < 4.78 is 211. The Morgan fingerprint density at radius 1 is 0.957 bits per heavy atom. The number of carbonyl (C=O) groups is 1. The summed E-state index contributed by atoms with van der Waals surface area (Å²) in [5.74, 6) is -3.97. The van der Waals surface area contributed by atoms with Gasteiger partial charge in [-0.2, -0.15) is 18.2 Å². The van der Waals surface area contributed by atoms with Crippen molar-refractivity contribution in [2.24, 2.45) is 0 Å². The molecule has 3 aromatic carbocycles. The average molecular weight is 685 g/mol. The molecule has 0 N–H and O–H groups in total. The number of nitrogens with zero attached hydrogens (tertiary/aromatic N) is 4. The lowest BCUT2D eigenvalue weighted by atomic mass is 10.0. The van der Waals surface area contributed by atoms with Crippen molar-refractivity contribution < 1.29 is 47.0 Å². The van der Waals surface area contributed by atoms with Gasteiger partial charge in [0.25, 0.3) is 5.56 Å². The van der Waals surface area contributed by atoms with Gasteiger partial charge in [-0.3, -0.25) is 9.59 Å². The first-order chi connectivity index (χ1) is 29.3. The van der Waals surface area contributed by atoms with Gasteiger partial charge in [-0.25, -0.2) is 4.39 Å². The third-order valence-corrected chi connectivity index (χ3v) is 7.51. The Kier molecular flexibility index (Phi) is 5.85. The molecule has 0 bridgehead atoms. The predicted octanol–water partition coefficient (Wildman–Crippen LogP) is 7.22. The van der Waals surface area contributed by atoms with E-state index in [9.17, 15) is 30.6 Å². The summed E-state index contributed by atoms with van der Waals surface area (Å²) in [5.41, 5.74) is -7.42. The normalized spacial score (nSPS) is 20.6. The first-order valence-electron chi connectivity index (χ1n) is 22.9. The molecule has 0 radical (unpaired) electrons. The number of likely N-dealkylation sites (N-methyl/N-ethyl adjacent to an activating group) is 1. The van der Waals surface area contributed by atoms with Gasteiger partial charge in [0.05, 0.1) is 19.3 Å². The smallest absolute Gasteiger partial charge is 0.336 e. The fourth-order valence-electron chi connectivity index (χ4n) is 4.47. The van der Waals surface area contributed by atoms with Crippen molar-refractivity contribution in [3.8, 4) is 11.1 Å². The Morgan fingerprint density at radius 2 is 1.60 bits per heavy atom. The second-order valence-corrected chi connectivity index (χ2v) is 10.5. The number of hydrogen-bond acceptors (Lipinski definition) is 5. The van der Waals surface area contributed by atoms with Crippen molar-refractivity contribution in [3.05, 3.63) is 117 Å². The molecule has 6 nitrogen and oxygen atoms in total. The molecule has 0 aliphatic heterocycles. The first kappa shape index (κ1) is 18.0. The molecule has 0 saturated heterocycles. The van der Waals surface area contributed by atoms with Crippen LogP contribution in [0, 0.1) is 5.82 Å². The van der Waals surface area contributed by atoms with E-state index >= 15 is 4.79 Å². The first-order valence-corrected chi connectivity index (χ1v) is 14.7. The van der Waals surface area contributed by atoms with Crippen molar-refractivity contribution in [2.75, 3.05) is 26.0 Å². The van der Waals surface area contributed by atoms with Crippen LogP contribution in [-0.2, 0) is 42.5 Å². The highest BCUT2D eigenvalue weighted by Crippen LogP contribution is 2.31. The number of halogens is 4. The number of alkyl halides is 3. The quantitative estimate of drug-likeness (QED) is 0.0846. The summed E-state index contributed by atoms with van der Waals surface area (Å²) in [6.07, 6.45) is -4.92. The molecule has 0 saturated carbocycles. The summed E-state index contributed by atoms with van der Waals surface area (Å²) in [6, 6.07) is 2.80. The third kappa shape index (κ3) is 8.70. The maximum atomic E-state index is 15.1. The number of aromatic nitrogens is 2. The van der Waals surface area contributed by atoms with E-state index in [0.717, 1.165) is 48.5 Å². The molecule has 4 aromatic rings. The number of amides is 1. The van der Waals surface area contributed by atoms with Gasteiger partial charge < -0.3 is 14.4 Å². The van der Waals surface area contributed by atoms with Crippen LogP contribution in [0.3, 0.4) is 0 Å². The molecule has 0 fully saturated rings. The van der Waals surface area contributed by atoms with Gasteiger partial charge in [-0.1, -0.05) is 74.1 Å². The fraction of sp³-hybridized carbons (Fsp3) is 0.361. The van der Waals surface area contributed by atoms with Crippen LogP contribution in [-0.4, -0.2) is 51.2 Å². The highest BCUT2D eigenvalue weighted by atomic mass is 32.2. The number of carbonyl (C=O) groups excluding carboxylic acids is 1. The molecule has 1 aliphatic rings. The molecule has 0 atom stereocenters. The highest BCUT2D eigenvalue weighted by Gasteiger charge is 2.30. The SMILES string of the molecule is [2H]c1c([2H])c(C([2H])([2H])Sc2nc(=O)c3c(n2C([2H])([2H])C(=O)N(C([2H])([2H])c2ccc(-c4ccc(C(F)(F)F)cc4)cc2)C([2H])([2H])C([2H])([2H])N(C([2H])([2H])C)C([2H])([2H])C)CCC3)c([2H])c([2H])c1F. The van der Waals surface area contributed by atoms with Gasteiger partial charge in [-0.15, -0.1) is 0 Å². The van der Waals surface area contributed by atoms with Crippen molar-refractivity contribution >= 4 is 17.7 Å². The minimum Gasteiger partial charge on any atom is -0.336 e. The van der Waals surface area contributed by atoms with Crippen LogP contribution in [0.4, 0.5) is 17.6 Å². The maximum Gasteiger partial charge on any atom is 0.416 e. The van der Waals surface area contributed by atoms with Crippen molar-refractivity contribution in [1.82, 2.24) is 19.4 Å². The lowest BCUT2D eigenvalue weighted by Gasteiger charge is -2.28. The third-order valence-electron chi connectivity index (χ3n) is 6.75.